The van der Waals surface area contributed by atoms with Crippen LogP contribution in [0.1, 0.15) is 30.3 Å². The van der Waals surface area contributed by atoms with Crippen LogP contribution in [0.5, 0.6) is 11.5 Å². The molecule has 0 saturated heterocycles. The molecule has 1 aromatic heterocycles. The van der Waals surface area contributed by atoms with Crippen molar-refractivity contribution in [3.8, 4) is 17.6 Å². The molecule has 0 radical (unpaired) electrons. The molecule has 2 aromatic rings. The molecule has 0 unspecified atom stereocenters. The maximum absolute atomic E-state index is 12.6. The maximum Gasteiger partial charge on any atom is 0.387 e. The summed E-state index contributed by atoms with van der Waals surface area (Å²) in [5, 5.41) is 12.0. The zero-order valence-corrected chi connectivity index (χ0v) is 16.8. The third kappa shape index (κ3) is 5.35. The van der Waals surface area contributed by atoms with E-state index < -0.39 is 12.5 Å². The van der Waals surface area contributed by atoms with Crippen LogP contribution in [0, 0.1) is 25.2 Å². The summed E-state index contributed by atoms with van der Waals surface area (Å²) in [5.41, 5.74) is 2.87. The third-order valence-corrected chi connectivity index (χ3v) is 4.36. The Morgan fingerprint density at radius 2 is 2.03 bits per heavy atom. The Kier molecular flexibility index (Phi) is 7.37. The molecule has 0 atom stereocenters. The van der Waals surface area contributed by atoms with Gasteiger partial charge in [0, 0.05) is 29.7 Å². The van der Waals surface area contributed by atoms with Gasteiger partial charge in [0.05, 0.1) is 7.11 Å². The fourth-order valence-corrected chi connectivity index (χ4v) is 2.99. The number of carbonyl (C=O) groups excluding carboxylic acids is 1. The molecule has 1 heterocycles. The van der Waals surface area contributed by atoms with Gasteiger partial charge in [0.25, 0.3) is 5.91 Å². The minimum Gasteiger partial charge on any atom is -0.493 e. The number of hydrogen-bond acceptors (Lipinski definition) is 4. The third-order valence-electron chi connectivity index (χ3n) is 4.36. The number of amides is 1. The van der Waals surface area contributed by atoms with Crippen molar-refractivity contribution in [3.05, 3.63) is 46.8 Å². The van der Waals surface area contributed by atoms with Crippen LogP contribution in [0.2, 0.25) is 0 Å². The van der Waals surface area contributed by atoms with Crippen molar-refractivity contribution in [1.82, 2.24) is 4.57 Å². The summed E-state index contributed by atoms with van der Waals surface area (Å²) in [6.45, 7) is 3.78. The first kappa shape index (κ1) is 22.0. The van der Waals surface area contributed by atoms with Crippen LogP contribution < -0.4 is 14.8 Å². The Balaban J connectivity index is 2.28. The number of carbonyl (C=O) groups is 1. The lowest BCUT2D eigenvalue weighted by Crippen LogP contribution is -2.14. The van der Waals surface area contributed by atoms with E-state index in [9.17, 15) is 18.8 Å². The monoisotopic (exact) mass is 403 g/mol. The Hall–Kier alpha value is -3.34. The zero-order chi connectivity index (χ0) is 21.6. The van der Waals surface area contributed by atoms with Gasteiger partial charge in [0.2, 0.25) is 0 Å². The molecule has 0 fully saturated rings. The van der Waals surface area contributed by atoms with E-state index in [1.165, 1.54) is 31.4 Å². The molecule has 0 bridgehead atoms. The lowest BCUT2D eigenvalue weighted by molar-refractivity contribution is -0.112. The molecule has 0 aliphatic rings. The molecule has 6 nitrogen and oxygen atoms in total. The molecule has 154 valence electrons. The second kappa shape index (κ2) is 9.73. The Morgan fingerprint density at radius 1 is 1.31 bits per heavy atom. The number of ether oxygens (including phenoxy) is 2. The number of nitrogens with zero attached hydrogens (tertiary/aromatic N) is 2. The number of methoxy groups -OCH3 is 1. The SMILES string of the molecule is CCCn1c(C)cc(/C=C(\C#N)C(=O)Nc2ccc(OC)c(OC(F)F)c2)c1C. The van der Waals surface area contributed by atoms with Crippen molar-refractivity contribution in [2.75, 3.05) is 12.4 Å². The van der Waals surface area contributed by atoms with Crippen LogP contribution in [-0.2, 0) is 11.3 Å². The molecule has 1 N–H and O–H groups in total. The predicted molar refractivity (Wildman–Crippen MR) is 106 cm³/mol. The van der Waals surface area contributed by atoms with Gasteiger partial charge in [-0.1, -0.05) is 6.92 Å². The van der Waals surface area contributed by atoms with Crippen molar-refractivity contribution in [3.63, 3.8) is 0 Å². The largest absolute Gasteiger partial charge is 0.493 e. The second-order valence-corrected chi connectivity index (χ2v) is 6.35. The first-order valence-corrected chi connectivity index (χ1v) is 9.03. The van der Waals surface area contributed by atoms with Gasteiger partial charge in [-0.2, -0.15) is 14.0 Å². The normalized spacial score (nSPS) is 11.3. The number of anilines is 1. The number of aryl methyl sites for hydroxylation is 1. The average Bonchev–Trinajstić information content (AvgIpc) is 2.93. The summed E-state index contributed by atoms with van der Waals surface area (Å²) in [5.74, 6) is -0.769. The van der Waals surface area contributed by atoms with Gasteiger partial charge in [-0.3, -0.25) is 4.79 Å². The van der Waals surface area contributed by atoms with Crippen molar-refractivity contribution >= 4 is 17.7 Å². The van der Waals surface area contributed by atoms with Gasteiger partial charge in [0.1, 0.15) is 11.6 Å². The van der Waals surface area contributed by atoms with Gasteiger partial charge in [-0.15, -0.1) is 0 Å². The second-order valence-electron chi connectivity index (χ2n) is 6.35. The number of nitrogens with one attached hydrogen (secondary N) is 1. The highest BCUT2D eigenvalue weighted by molar-refractivity contribution is 6.09. The van der Waals surface area contributed by atoms with Crippen molar-refractivity contribution < 1.29 is 23.0 Å². The number of nitriles is 1. The van der Waals surface area contributed by atoms with Gasteiger partial charge in [0.15, 0.2) is 11.5 Å². The molecule has 8 heteroatoms. The fraction of sp³-hybridized carbons (Fsp3) is 0.333. The summed E-state index contributed by atoms with van der Waals surface area (Å²) in [6.07, 6.45) is 2.48. The van der Waals surface area contributed by atoms with E-state index in [-0.39, 0.29) is 22.8 Å². The standard InChI is InChI=1S/C21H23F2N3O3/c1-5-8-26-13(2)9-15(14(26)3)10-16(12-24)20(27)25-17-6-7-18(28-4)19(11-17)29-21(22)23/h6-7,9-11,21H,5,8H2,1-4H3,(H,25,27)/b16-10+. The van der Waals surface area contributed by atoms with E-state index in [1.807, 2.05) is 26.0 Å². The van der Waals surface area contributed by atoms with Crippen molar-refractivity contribution in [2.45, 2.75) is 40.3 Å². The van der Waals surface area contributed by atoms with Gasteiger partial charge >= 0.3 is 6.61 Å². The molecule has 0 aliphatic heterocycles. The number of aromatic nitrogens is 1. The Labute approximate surface area is 168 Å². The molecule has 29 heavy (non-hydrogen) atoms. The van der Waals surface area contributed by atoms with E-state index in [2.05, 4.69) is 21.5 Å². The maximum atomic E-state index is 12.6. The van der Waals surface area contributed by atoms with Gasteiger partial charge in [-0.25, -0.2) is 0 Å². The van der Waals surface area contributed by atoms with Crippen LogP contribution in [0.25, 0.3) is 6.08 Å². The average molecular weight is 403 g/mol. The number of rotatable bonds is 8. The molecular formula is C21H23F2N3O3. The van der Waals surface area contributed by atoms with E-state index in [0.717, 1.165) is 29.9 Å². The summed E-state index contributed by atoms with van der Waals surface area (Å²) in [6, 6.07) is 7.88. The molecule has 2 rings (SSSR count). The molecule has 0 spiro atoms. The van der Waals surface area contributed by atoms with Crippen LogP contribution >= 0.6 is 0 Å². The quantitative estimate of drug-likeness (QED) is 0.513. The number of halogens is 2. The first-order valence-electron chi connectivity index (χ1n) is 9.03. The van der Waals surface area contributed by atoms with E-state index in [1.54, 1.807) is 0 Å². The predicted octanol–water partition coefficient (Wildman–Crippen LogP) is 4.67. The highest BCUT2D eigenvalue weighted by Crippen LogP contribution is 2.31. The Bertz CT molecular complexity index is 959. The fourth-order valence-electron chi connectivity index (χ4n) is 2.99. The molecule has 1 aromatic carbocycles. The topological polar surface area (TPSA) is 76.3 Å². The smallest absolute Gasteiger partial charge is 0.387 e. The minimum atomic E-state index is -3.04. The number of alkyl halides is 2. The van der Waals surface area contributed by atoms with E-state index in [4.69, 9.17) is 4.74 Å². The number of hydrogen-bond donors (Lipinski definition) is 1. The van der Waals surface area contributed by atoms with Crippen LogP contribution in [0.15, 0.2) is 29.8 Å². The summed E-state index contributed by atoms with van der Waals surface area (Å²) < 4.78 is 36.6. The lowest BCUT2D eigenvalue weighted by atomic mass is 10.1. The van der Waals surface area contributed by atoms with Gasteiger partial charge in [-0.05, 0) is 50.1 Å². The Morgan fingerprint density at radius 3 is 2.62 bits per heavy atom. The van der Waals surface area contributed by atoms with Crippen LogP contribution in [0.4, 0.5) is 14.5 Å². The van der Waals surface area contributed by atoms with E-state index in [0.29, 0.717) is 0 Å². The summed E-state index contributed by atoms with van der Waals surface area (Å²) >= 11 is 0. The molecule has 0 aliphatic carbocycles. The molecular weight excluding hydrogens is 380 g/mol. The van der Waals surface area contributed by atoms with E-state index >= 15 is 0 Å². The van der Waals surface area contributed by atoms with Crippen molar-refractivity contribution in [2.24, 2.45) is 0 Å². The summed E-state index contributed by atoms with van der Waals surface area (Å²) in [7, 11) is 1.32. The molecule has 0 saturated carbocycles. The highest BCUT2D eigenvalue weighted by Gasteiger charge is 2.15. The van der Waals surface area contributed by atoms with Crippen molar-refractivity contribution in [1.29, 1.82) is 5.26 Å². The minimum absolute atomic E-state index is 0.0997. The zero-order valence-electron chi connectivity index (χ0n) is 16.8. The lowest BCUT2D eigenvalue weighted by Gasteiger charge is -2.12. The summed E-state index contributed by atoms with van der Waals surface area (Å²) in [4.78, 5) is 12.5. The highest BCUT2D eigenvalue weighted by atomic mass is 19.3. The van der Waals surface area contributed by atoms with Gasteiger partial charge < -0.3 is 19.4 Å². The van der Waals surface area contributed by atoms with Crippen LogP contribution in [0.3, 0.4) is 0 Å². The number of benzene rings is 1. The van der Waals surface area contributed by atoms with Crippen LogP contribution in [-0.4, -0.2) is 24.2 Å². The first-order chi connectivity index (χ1) is 13.8. The molecule has 1 amide bonds.